The molecule has 2 N–H and O–H groups in total. The molecule has 0 aromatic rings. The van der Waals surface area contributed by atoms with Crippen molar-refractivity contribution in [2.24, 2.45) is 11.8 Å². The number of hydrogen-bond acceptors (Lipinski definition) is 3. The standard InChI is InChI=1S/C12H21NO3/c1-2-9(14)7-13-6-8-4-3-5-10(8)11(13)12(15)16/h8-11,14H,2-7H2,1H3,(H,15,16). The van der Waals surface area contributed by atoms with Crippen molar-refractivity contribution in [3.05, 3.63) is 0 Å². The zero-order valence-electron chi connectivity index (χ0n) is 9.80. The third-order valence-electron chi connectivity index (χ3n) is 4.16. The van der Waals surface area contributed by atoms with Gasteiger partial charge in [0.05, 0.1) is 6.10 Å². The highest BCUT2D eigenvalue weighted by molar-refractivity contribution is 5.74. The maximum atomic E-state index is 11.3. The van der Waals surface area contributed by atoms with Crippen LogP contribution in [-0.2, 0) is 4.79 Å². The molecule has 4 heteroatoms. The zero-order valence-corrected chi connectivity index (χ0v) is 9.80. The summed E-state index contributed by atoms with van der Waals surface area (Å²) in [6.07, 6.45) is 3.68. The number of carbonyl (C=O) groups is 1. The minimum atomic E-state index is -0.710. The monoisotopic (exact) mass is 227 g/mol. The maximum Gasteiger partial charge on any atom is 0.321 e. The van der Waals surface area contributed by atoms with Crippen LogP contribution in [0.15, 0.2) is 0 Å². The molecule has 0 aromatic carbocycles. The molecular weight excluding hydrogens is 206 g/mol. The lowest BCUT2D eigenvalue weighted by atomic mass is 9.94. The number of rotatable bonds is 4. The molecule has 0 aromatic heterocycles. The van der Waals surface area contributed by atoms with Gasteiger partial charge in [0.15, 0.2) is 0 Å². The molecule has 0 amide bonds. The van der Waals surface area contributed by atoms with Gasteiger partial charge in [-0.15, -0.1) is 0 Å². The first-order valence-electron chi connectivity index (χ1n) is 6.28. The van der Waals surface area contributed by atoms with Gasteiger partial charge in [0.25, 0.3) is 0 Å². The number of fused-ring (bicyclic) bond motifs is 1. The molecule has 4 unspecified atom stereocenters. The van der Waals surface area contributed by atoms with E-state index < -0.39 is 5.97 Å². The predicted molar refractivity (Wildman–Crippen MR) is 60.1 cm³/mol. The molecule has 4 atom stereocenters. The summed E-state index contributed by atoms with van der Waals surface area (Å²) in [5.74, 6) is 0.157. The molecule has 1 aliphatic heterocycles. The summed E-state index contributed by atoms with van der Waals surface area (Å²) in [6, 6.07) is -0.353. The Morgan fingerprint density at radius 1 is 1.50 bits per heavy atom. The molecule has 2 fully saturated rings. The van der Waals surface area contributed by atoms with Gasteiger partial charge in [0.2, 0.25) is 0 Å². The van der Waals surface area contributed by atoms with Crippen molar-refractivity contribution in [1.29, 1.82) is 0 Å². The number of carboxylic acid groups (broad SMARTS) is 1. The van der Waals surface area contributed by atoms with Gasteiger partial charge in [-0.1, -0.05) is 13.3 Å². The Morgan fingerprint density at radius 3 is 2.88 bits per heavy atom. The van der Waals surface area contributed by atoms with Gasteiger partial charge < -0.3 is 10.2 Å². The average Bonchev–Trinajstić information content (AvgIpc) is 2.76. The Kier molecular flexibility index (Phi) is 3.50. The Balaban J connectivity index is 2.04. The molecule has 2 aliphatic rings. The van der Waals surface area contributed by atoms with Crippen molar-refractivity contribution in [2.45, 2.75) is 44.8 Å². The number of aliphatic hydroxyl groups excluding tert-OH is 1. The molecule has 0 spiro atoms. The van der Waals surface area contributed by atoms with E-state index in [-0.39, 0.29) is 12.1 Å². The second-order valence-corrected chi connectivity index (χ2v) is 5.15. The van der Waals surface area contributed by atoms with Crippen LogP contribution in [0.1, 0.15) is 32.6 Å². The van der Waals surface area contributed by atoms with Crippen LogP contribution in [0.3, 0.4) is 0 Å². The minimum absolute atomic E-state index is 0.321. The number of likely N-dealkylation sites (tertiary alicyclic amines) is 1. The molecule has 2 rings (SSSR count). The fraction of sp³-hybridized carbons (Fsp3) is 0.917. The first-order valence-corrected chi connectivity index (χ1v) is 6.28. The van der Waals surface area contributed by atoms with Crippen LogP contribution in [-0.4, -0.2) is 46.3 Å². The van der Waals surface area contributed by atoms with Crippen molar-refractivity contribution < 1.29 is 15.0 Å². The van der Waals surface area contributed by atoms with Crippen LogP contribution >= 0.6 is 0 Å². The molecule has 1 aliphatic carbocycles. The lowest BCUT2D eigenvalue weighted by Crippen LogP contribution is -2.43. The number of carboxylic acids is 1. The molecule has 1 heterocycles. The van der Waals surface area contributed by atoms with Crippen molar-refractivity contribution >= 4 is 5.97 Å². The second-order valence-electron chi connectivity index (χ2n) is 5.15. The van der Waals surface area contributed by atoms with E-state index in [1.807, 2.05) is 11.8 Å². The van der Waals surface area contributed by atoms with E-state index >= 15 is 0 Å². The predicted octanol–water partition coefficient (Wildman–Crippen LogP) is 0.942. The smallest absolute Gasteiger partial charge is 0.321 e. The summed E-state index contributed by atoms with van der Waals surface area (Å²) in [6.45, 7) is 3.30. The van der Waals surface area contributed by atoms with Gasteiger partial charge in [0, 0.05) is 13.1 Å². The molecule has 1 saturated carbocycles. The minimum Gasteiger partial charge on any atom is -0.480 e. The summed E-state index contributed by atoms with van der Waals surface area (Å²) in [7, 11) is 0. The third-order valence-corrected chi connectivity index (χ3v) is 4.16. The molecule has 0 radical (unpaired) electrons. The van der Waals surface area contributed by atoms with Gasteiger partial charge in [-0.2, -0.15) is 0 Å². The van der Waals surface area contributed by atoms with Gasteiger partial charge in [-0.05, 0) is 31.1 Å². The lowest BCUT2D eigenvalue weighted by molar-refractivity contribution is -0.144. The number of aliphatic carboxylic acids is 1. The summed E-state index contributed by atoms with van der Waals surface area (Å²) in [5, 5.41) is 18.9. The van der Waals surface area contributed by atoms with E-state index in [9.17, 15) is 15.0 Å². The molecule has 4 nitrogen and oxygen atoms in total. The molecule has 1 saturated heterocycles. The Morgan fingerprint density at radius 2 is 2.25 bits per heavy atom. The van der Waals surface area contributed by atoms with Crippen molar-refractivity contribution in [2.75, 3.05) is 13.1 Å². The number of β-amino-alcohol motifs (C(OH)–C–C–N with tert-alkyl or cyclic N) is 1. The van der Waals surface area contributed by atoms with Crippen molar-refractivity contribution in [1.82, 2.24) is 4.90 Å². The molecule has 92 valence electrons. The quantitative estimate of drug-likeness (QED) is 0.750. The maximum absolute atomic E-state index is 11.3. The van der Waals surface area contributed by atoms with E-state index in [1.165, 1.54) is 6.42 Å². The highest BCUT2D eigenvalue weighted by atomic mass is 16.4. The molecular formula is C12H21NO3. The average molecular weight is 227 g/mol. The van der Waals surface area contributed by atoms with Crippen LogP contribution in [0.4, 0.5) is 0 Å². The fourth-order valence-corrected chi connectivity index (χ4v) is 3.32. The van der Waals surface area contributed by atoms with Crippen LogP contribution < -0.4 is 0 Å². The van der Waals surface area contributed by atoms with Gasteiger partial charge in [0.1, 0.15) is 6.04 Å². The number of aliphatic hydroxyl groups is 1. The summed E-state index contributed by atoms with van der Waals surface area (Å²) >= 11 is 0. The SMILES string of the molecule is CCC(O)CN1CC2CCCC2C1C(=O)O. The Bertz CT molecular complexity index is 267. The third kappa shape index (κ3) is 2.09. The van der Waals surface area contributed by atoms with Crippen LogP contribution in [0.25, 0.3) is 0 Å². The highest BCUT2D eigenvalue weighted by Crippen LogP contribution is 2.42. The highest BCUT2D eigenvalue weighted by Gasteiger charge is 2.47. The van der Waals surface area contributed by atoms with E-state index in [0.717, 1.165) is 19.4 Å². The summed E-state index contributed by atoms with van der Waals surface area (Å²) in [4.78, 5) is 13.3. The van der Waals surface area contributed by atoms with Crippen LogP contribution in [0.5, 0.6) is 0 Å². The summed E-state index contributed by atoms with van der Waals surface area (Å²) in [5.41, 5.74) is 0. The summed E-state index contributed by atoms with van der Waals surface area (Å²) < 4.78 is 0. The molecule has 16 heavy (non-hydrogen) atoms. The second kappa shape index (κ2) is 4.72. The normalized spacial score (nSPS) is 36.2. The Hall–Kier alpha value is -0.610. The first-order chi connectivity index (χ1) is 7.63. The van der Waals surface area contributed by atoms with Crippen molar-refractivity contribution in [3.8, 4) is 0 Å². The topological polar surface area (TPSA) is 60.8 Å². The van der Waals surface area contributed by atoms with E-state index in [4.69, 9.17) is 0 Å². The number of hydrogen-bond donors (Lipinski definition) is 2. The lowest BCUT2D eigenvalue weighted by Gasteiger charge is -2.25. The molecule has 0 bridgehead atoms. The zero-order chi connectivity index (χ0) is 11.7. The van der Waals surface area contributed by atoms with E-state index in [2.05, 4.69) is 0 Å². The van der Waals surface area contributed by atoms with Gasteiger partial charge >= 0.3 is 5.97 Å². The van der Waals surface area contributed by atoms with Crippen LogP contribution in [0, 0.1) is 11.8 Å². The van der Waals surface area contributed by atoms with Crippen molar-refractivity contribution in [3.63, 3.8) is 0 Å². The first kappa shape index (κ1) is 11.9. The van der Waals surface area contributed by atoms with Gasteiger partial charge in [-0.25, -0.2) is 0 Å². The van der Waals surface area contributed by atoms with E-state index in [0.29, 0.717) is 24.8 Å². The number of nitrogens with zero attached hydrogens (tertiary/aromatic N) is 1. The fourth-order valence-electron chi connectivity index (χ4n) is 3.32. The van der Waals surface area contributed by atoms with Gasteiger partial charge in [-0.3, -0.25) is 9.69 Å². The van der Waals surface area contributed by atoms with Crippen LogP contribution in [0.2, 0.25) is 0 Å². The Labute approximate surface area is 96.3 Å². The van der Waals surface area contributed by atoms with E-state index in [1.54, 1.807) is 0 Å². The largest absolute Gasteiger partial charge is 0.480 e.